The van der Waals surface area contributed by atoms with Crippen LogP contribution in [0.2, 0.25) is 0 Å². The number of rotatable bonds is 1. The molecular formula is C20H25NO5. The molecule has 1 unspecified atom stereocenters. The molecule has 2 saturated heterocycles. The molecule has 140 valence electrons. The summed E-state index contributed by atoms with van der Waals surface area (Å²) >= 11 is 0. The smallest absolute Gasteiger partial charge is 0.207 e. The highest BCUT2D eigenvalue weighted by Gasteiger charge is 2.77. The maximum Gasteiger partial charge on any atom is 0.207 e. The van der Waals surface area contributed by atoms with Crippen LogP contribution in [0.4, 0.5) is 0 Å². The minimum atomic E-state index is -0.837. The van der Waals surface area contributed by atoms with E-state index in [0.717, 1.165) is 36.4 Å². The van der Waals surface area contributed by atoms with Crippen molar-refractivity contribution < 1.29 is 24.1 Å². The van der Waals surface area contributed by atoms with Crippen molar-refractivity contribution in [2.24, 2.45) is 0 Å². The molecule has 6 heteroatoms. The summed E-state index contributed by atoms with van der Waals surface area (Å²) in [4.78, 5) is 2.32. The number of hydrogen-bond acceptors (Lipinski definition) is 6. The molecule has 4 atom stereocenters. The van der Waals surface area contributed by atoms with E-state index in [-0.39, 0.29) is 12.1 Å². The Balaban J connectivity index is 1.66. The molecule has 0 radical (unpaired) electrons. The molecule has 1 N–H and O–H groups in total. The van der Waals surface area contributed by atoms with E-state index in [1.54, 1.807) is 7.11 Å². The highest BCUT2D eigenvalue weighted by atomic mass is 16.8. The van der Waals surface area contributed by atoms with E-state index in [0.29, 0.717) is 26.1 Å². The van der Waals surface area contributed by atoms with E-state index < -0.39 is 16.8 Å². The Kier molecular flexibility index (Phi) is 2.86. The summed E-state index contributed by atoms with van der Waals surface area (Å²) in [6.45, 7) is 2.09. The molecule has 3 fully saturated rings. The molecule has 1 aromatic rings. The first-order valence-corrected chi connectivity index (χ1v) is 9.63. The number of hydrogen-bond donors (Lipinski definition) is 1. The van der Waals surface area contributed by atoms with Gasteiger partial charge in [-0.3, -0.25) is 0 Å². The highest BCUT2D eigenvalue weighted by Crippen LogP contribution is 2.67. The quantitative estimate of drug-likeness (QED) is 0.814. The number of fused-ring (bicyclic) bond motifs is 1. The van der Waals surface area contributed by atoms with E-state index in [4.69, 9.17) is 18.9 Å². The molecule has 26 heavy (non-hydrogen) atoms. The first-order valence-electron chi connectivity index (χ1n) is 9.63. The van der Waals surface area contributed by atoms with Gasteiger partial charge in [-0.05, 0) is 44.5 Å². The van der Waals surface area contributed by atoms with Crippen LogP contribution in [0, 0.1) is 0 Å². The summed E-state index contributed by atoms with van der Waals surface area (Å²) in [7, 11) is 3.80. The number of ether oxygens (including phenoxy) is 4. The fourth-order valence-corrected chi connectivity index (χ4v) is 6.63. The molecule has 5 aliphatic rings. The monoisotopic (exact) mass is 359 g/mol. The minimum absolute atomic E-state index is 0.0907. The van der Waals surface area contributed by atoms with Crippen LogP contribution in [-0.2, 0) is 21.3 Å². The van der Waals surface area contributed by atoms with Crippen molar-refractivity contribution >= 4 is 0 Å². The molecule has 3 heterocycles. The normalized spacial score (nSPS) is 41.8. The van der Waals surface area contributed by atoms with Crippen LogP contribution in [0.15, 0.2) is 12.1 Å². The van der Waals surface area contributed by atoms with Crippen LogP contribution in [0.3, 0.4) is 0 Å². The maximum atomic E-state index is 12.1. The topological polar surface area (TPSA) is 60.4 Å². The predicted molar refractivity (Wildman–Crippen MR) is 92.6 cm³/mol. The highest BCUT2D eigenvalue weighted by molar-refractivity contribution is 5.63. The molecule has 6 rings (SSSR count). The summed E-state index contributed by atoms with van der Waals surface area (Å²) in [5.74, 6) is 0.767. The van der Waals surface area contributed by atoms with Crippen molar-refractivity contribution in [3.05, 3.63) is 23.3 Å². The van der Waals surface area contributed by atoms with Crippen molar-refractivity contribution in [2.75, 3.05) is 33.9 Å². The van der Waals surface area contributed by atoms with Gasteiger partial charge in [-0.15, -0.1) is 0 Å². The fourth-order valence-electron chi connectivity index (χ4n) is 6.63. The first-order chi connectivity index (χ1) is 12.6. The molecule has 2 aliphatic carbocycles. The summed E-state index contributed by atoms with van der Waals surface area (Å²) < 4.78 is 24.5. The second kappa shape index (κ2) is 4.73. The van der Waals surface area contributed by atoms with E-state index in [9.17, 15) is 5.11 Å². The van der Waals surface area contributed by atoms with Crippen molar-refractivity contribution in [2.45, 2.75) is 54.6 Å². The number of benzene rings is 1. The van der Waals surface area contributed by atoms with Crippen LogP contribution in [0.1, 0.15) is 30.4 Å². The van der Waals surface area contributed by atoms with Gasteiger partial charge >= 0.3 is 0 Å². The minimum Gasteiger partial charge on any atom is -0.493 e. The van der Waals surface area contributed by atoms with Gasteiger partial charge in [0, 0.05) is 18.0 Å². The number of piperidine rings is 1. The Labute approximate surface area is 153 Å². The number of likely N-dealkylation sites (N-methyl/N-ethyl adjacent to an activating group) is 1. The average molecular weight is 359 g/mol. The van der Waals surface area contributed by atoms with E-state index in [1.807, 2.05) is 6.07 Å². The zero-order valence-corrected chi connectivity index (χ0v) is 15.3. The lowest BCUT2D eigenvalue weighted by atomic mass is 9.48. The molecule has 3 aliphatic heterocycles. The maximum absolute atomic E-state index is 12.1. The molecule has 2 spiro atoms. The average Bonchev–Trinajstić information content (AvgIpc) is 3.24. The van der Waals surface area contributed by atoms with Crippen LogP contribution in [0.5, 0.6) is 11.5 Å². The summed E-state index contributed by atoms with van der Waals surface area (Å²) in [6.07, 6.45) is 2.66. The second-order valence-corrected chi connectivity index (χ2v) is 8.48. The van der Waals surface area contributed by atoms with Crippen molar-refractivity contribution in [3.63, 3.8) is 0 Å². The van der Waals surface area contributed by atoms with Gasteiger partial charge < -0.3 is 29.0 Å². The van der Waals surface area contributed by atoms with Crippen molar-refractivity contribution in [3.8, 4) is 11.5 Å². The number of likely N-dealkylation sites (tertiary alicyclic amines) is 1. The third kappa shape index (κ3) is 1.48. The Morgan fingerprint density at radius 3 is 2.77 bits per heavy atom. The third-order valence-corrected chi connectivity index (χ3v) is 7.72. The van der Waals surface area contributed by atoms with Crippen LogP contribution >= 0.6 is 0 Å². The Morgan fingerprint density at radius 1 is 1.19 bits per heavy atom. The largest absolute Gasteiger partial charge is 0.493 e. The summed E-state index contributed by atoms with van der Waals surface area (Å²) in [5.41, 5.74) is 1.08. The fraction of sp³-hybridized carbons (Fsp3) is 0.700. The lowest BCUT2D eigenvalue weighted by Gasteiger charge is -2.64. The van der Waals surface area contributed by atoms with Crippen LogP contribution in [-0.4, -0.2) is 67.5 Å². The molecule has 0 amide bonds. The molecule has 6 nitrogen and oxygen atoms in total. The summed E-state index contributed by atoms with van der Waals surface area (Å²) in [5, 5.41) is 12.1. The van der Waals surface area contributed by atoms with Gasteiger partial charge in [0.25, 0.3) is 0 Å². The third-order valence-electron chi connectivity index (χ3n) is 7.72. The Bertz CT molecular complexity index is 791. The Hall–Kier alpha value is -1.34. The molecule has 2 bridgehead atoms. The predicted octanol–water partition coefficient (Wildman–Crippen LogP) is 1.22. The number of nitrogens with zero attached hydrogens (tertiary/aromatic N) is 1. The van der Waals surface area contributed by atoms with Gasteiger partial charge in [0.2, 0.25) is 5.79 Å². The van der Waals surface area contributed by atoms with Crippen LogP contribution in [0.25, 0.3) is 0 Å². The van der Waals surface area contributed by atoms with Gasteiger partial charge in [0.05, 0.1) is 31.3 Å². The standard InChI is InChI=1S/C20H25NO5/c1-21-8-7-18-15-12-3-4-13(23-2)16(15)26-17(18)20(24-9-10-25-20)6-5-19(18,22)14(21)11-12/h3-4,14,17,22H,5-11H2,1-2H3/t14?,17-,18+,19-/m1/s1. The lowest BCUT2D eigenvalue weighted by molar-refractivity contribution is -0.295. The van der Waals surface area contributed by atoms with E-state index in [1.165, 1.54) is 5.56 Å². The second-order valence-electron chi connectivity index (χ2n) is 8.48. The number of methoxy groups -OCH3 is 1. The van der Waals surface area contributed by atoms with Gasteiger partial charge in [-0.2, -0.15) is 0 Å². The number of aliphatic hydroxyl groups is 1. The molecular weight excluding hydrogens is 334 g/mol. The lowest BCUT2D eigenvalue weighted by Crippen LogP contribution is -2.79. The van der Waals surface area contributed by atoms with E-state index in [2.05, 4.69) is 18.0 Å². The van der Waals surface area contributed by atoms with Gasteiger partial charge in [0.15, 0.2) is 17.6 Å². The first kappa shape index (κ1) is 15.7. The zero-order chi connectivity index (χ0) is 17.7. The SMILES string of the molecule is COc1ccc2c3c1O[C@H]1C4(CC[C@@]5(O)C(C2)N(C)CC[C@]315)OCCO4. The molecule has 1 saturated carbocycles. The van der Waals surface area contributed by atoms with Crippen LogP contribution < -0.4 is 9.47 Å². The van der Waals surface area contributed by atoms with E-state index >= 15 is 0 Å². The van der Waals surface area contributed by atoms with Gasteiger partial charge in [0.1, 0.15) is 0 Å². The van der Waals surface area contributed by atoms with Gasteiger partial charge in [-0.1, -0.05) is 6.07 Å². The van der Waals surface area contributed by atoms with Crippen molar-refractivity contribution in [1.82, 2.24) is 4.90 Å². The molecule has 0 aromatic heterocycles. The Morgan fingerprint density at radius 2 is 2.00 bits per heavy atom. The zero-order valence-electron chi connectivity index (χ0n) is 15.3. The molecule has 1 aromatic carbocycles. The summed E-state index contributed by atoms with van der Waals surface area (Å²) in [6, 6.07) is 4.23. The van der Waals surface area contributed by atoms with Gasteiger partial charge in [-0.25, -0.2) is 0 Å². The van der Waals surface area contributed by atoms with Crippen molar-refractivity contribution in [1.29, 1.82) is 0 Å².